The van der Waals surface area contributed by atoms with Crippen molar-refractivity contribution < 1.29 is 9.90 Å². The standard InChI is InChI=1S/C10H12N4O2S2/c1-6-3-8(18-7(6)2)4-14-10(11-12-13-14)17-5-9(15)16/h3H,4-5H2,1-2H3,(H,15,16). The van der Waals surface area contributed by atoms with Gasteiger partial charge in [-0.05, 0) is 35.9 Å². The Morgan fingerprint density at radius 3 is 2.94 bits per heavy atom. The fraction of sp³-hybridized carbons (Fsp3) is 0.400. The third-order valence-corrected chi connectivity index (χ3v) is 4.43. The van der Waals surface area contributed by atoms with E-state index >= 15 is 0 Å². The largest absolute Gasteiger partial charge is 0.481 e. The minimum absolute atomic E-state index is 0.0388. The Kier molecular flexibility index (Phi) is 3.97. The molecule has 2 heterocycles. The number of thioether (sulfide) groups is 1. The molecule has 0 bridgehead atoms. The maximum absolute atomic E-state index is 10.5. The van der Waals surface area contributed by atoms with Crippen LogP contribution in [0.3, 0.4) is 0 Å². The first-order valence-electron chi connectivity index (χ1n) is 5.23. The van der Waals surface area contributed by atoms with Crippen molar-refractivity contribution >= 4 is 29.1 Å². The van der Waals surface area contributed by atoms with Gasteiger partial charge < -0.3 is 5.11 Å². The van der Waals surface area contributed by atoms with Crippen molar-refractivity contribution in [1.82, 2.24) is 20.2 Å². The highest BCUT2D eigenvalue weighted by atomic mass is 32.2. The van der Waals surface area contributed by atoms with Gasteiger partial charge in [-0.25, -0.2) is 4.68 Å². The van der Waals surface area contributed by atoms with Gasteiger partial charge in [0.15, 0.2) is 0 Å². The molecule has 2 aromatic heterocycles. The number of aliphatic carboxylic acids is 1. The van der Waals surface area contributed by atoms with E-state index in [1.807, 2.05) is 0 Å². The number of carboxylic acids is 1. The molecule has 0 saturated heterocycles. The minimum atomic E-state index is -0.877. The summed E-state index contributed by atoms with van der Waals surface area (Å²) in [5.41, 5.74) is 1.25. The van der Waals surface area contributed by atoms with Crippen LogP contribution in [0.4, 0.5) is 0 Å². The van der Waals surface area contributed by atoms with Crippen LogP contribution >= 0.6 is 23.1 Å². The number of aromatic nitrogens is 4. The van der Waals surface area contributed by atoms with Crippen LogP contribution < -0.4 is 0 Å². The van der Waals surface area contributed by atoms with E-state index in [0.717, 1.165) is 16.6 Å². The number of tetrazole rings is 1. The van der Waals surface area contributed by atoms with Crippen molar-refractivity contribution in [3.63, 3.8) is 0 Å². The number of hydrogen-bond acceptors (Lipinski definition) is 6. The lowest BCUT2D eigenvalue weighted by atomic mass is 10.3. The van der Waals surface area contributed by atoms with E-state index in [4.69, 9.17) is 5.11 Å². The zero-order valence-corrected chi connectivity index (χ0v) is 11.6. The van der Waals surface area contributed by atoms with Crippen molar-refractivity contribution in [2.24, 2.45) is 0 Å². The molecule has 0 atom stereocenters. The molecule has 6 nitrogen and oxygen atoms in total. The second-order valence-corrected chi connectivity index (χ2v) is 6.04. The zero-order valence-electron chi connectivity index (χ0n) is 9.95. The molecule has 1 N–H and O–H groups in total. The van der Waals surface area contributed by atoms with E-state index in [1.165, 1.54) is 10.4 Å². The monoisotopic (exact) mass is 284 g/mol. The van der Waals surface area contributed by atoms with Gasteiger partial charge in [0.2, 0.25) is 5.16 Å². The van der Waals surface area contributed by atoms with E-state index < -0.39 is 5.97 Å². The van der Waals surface area contributed by atoms with Gasteiger partial charge in [-0.2, -0.15) is 0 Å². The summed E-state index contributed by atoms with van der Waals surface area (Å²) in [6.07, 6.45) is 0. The number of nitrogens with zero attached hydrogens (tertiary/aromatic N) is 4. The van der Waals surface area contributed by atoms with Gasteiger partial charge in [-0.1, -0.05) is 11.8 Å². The van der Waals surface area contributed by atoms with Gasteiger partial charge in [0, 0.05) is 9.75 Å². The SMILES string of the molecule is Cc1cc(Cn2nnnc2SCC(=O)O)sc1C. The summed E-state index contributed by atoms with van der Waals surface area (Å²) in [7, 11) is 0. The Labute approximate surface area is 112 Å². The third-order valence-electron chi connectivity index (χ3n) is 2.35. The van der Waals surface area contributed by atoms with Gasteiger partial charge in [-0.15, -0.1) is 16.4 Å². The van der Waals surface area contributed by atoms with Crippen molar-refractivity contribution in [3.8, 4) is 0 Å². The van der Waals surface area contributed by atoms with Gasteiger partial charge in [0.05, 0.1) is 12.3 Å². The summed E-state index contributed by atoms with van der Waals surface area (Å²) in [6.45, 7) is 4.71. The summed E-state index contributed by atoms with van der Waals surface area (Å²) >= 11 is 2.83. The summed E-state index contributed by atoms with van der Waals surface area (Å²) in [6, 6.07) is 2.10. The number of rotatable bonds is 5. The highest BCUT2D eigenvalue weighted by Crippen LogP contribution is 2.22. The first-order chi connectivity index (χ1) is 8.56. The van der Waals surface area contributed by atoms with Crippen LogP contribution in [0.1, 0.15) is 15.3 Å². The quantitative estimate of drug-likeness (QED) is 0.839. The molecule has 0 radical (unpaired) electrons. The first kappa shape index (κ1) is 13.0. The molecular weight excluding hydrogens is 272 g/mol. The van der Waals surface area contributed by atoms with Crippen molar-refractivity contribution in [1.29, 1.82) is 0 Å². The second-order valence-electron chi connectivity index (χ2n) is 3.75. The zero-order chi connectivity index (χ0) is 13.1. The highest BCUT2D eigenvalue weighted by Gasteiger charge is 2.11. The van der Waals surface area contributed by atoms with Crippen LogP contribution in [0.5, 0.6) is 0 Å². The van der Waals surface area contributed by atoms with Crippen LogP contribution in [-0.2, 0) is 11.3 Å². The van der Waals surface area contributed by atoms with E-state index in [9.17, 15) is 4.79 Å². The smallest absolute Gasteiger partial charge is 0.313 e. The summed E-state index contributed by atoms with van der Waals surface area (Å²) < 4.78 is 1.62. The Morgan fingerprint density at radius 1 is 1.56 bits per heavy atom. The fourth-order valence-electron chi connectivity index (χ4n) is 1.40. The van der Waals surface area contributed by atoms with Crippen LogP contribution in [-0.4, -0.2) is 37.0 Å². The van der Waals surface area contributed by atoms with E-state index in [-0.39, 0.29) is 5.75 Å². The first-order valence-corrected chi connectivity index (χ1v) is 7.03. The molecule has 0 aliphatic carbocycles. The van der Waals surface area contributed by atoms with Gasteiger partial charge >= 0.3 is 5.97 Å². The lowest BCUT2D eigenvalue weighted by Crippen LogP contribution is -2.05. The normalized spacial score (nSPS) is 10.8. The summed E-state index contributed by atoms with van der Waals surface area (Å²) in [5.74, 6) is -0.916. The number of thiophene rings is 1. The number of hydrogen-bond donors (Lipinski definition) is 1. The highest BCUT2D eigenvalue weighted by molar-refractivity contribution is 7.99. The summed E-state index contributed by atoms with van der Waals surface area (Å²) in [5, 5.41) is 20.4. The topological polar surface area (TPSA) is 80.9 Å². The molecule has 96 valence electrons. The summed E-state index contributed by atoms with van der Waals surface area (Å²) in [4.78, 5) is 13.0. The van der Waals surface area contributed by atoms with E-state index in [1.54, 1.807) is 16.0 Å². The molecule has 0 aromatic carbocycles. The number of carbonyl (C=O) groups is 1. The Balaban J connectivity index is 2.09. The average Bonchev–Trinajstić information content (AvgIpc) is 2.85. The molecular formula is C10H12N4O2S2. The van der Waals surface area contributed by atoms with Gasteiger partial charge in [0.25, 0.3) is 0 Å². The maximum atomic E-state index is 10.5. The molecule has 8 heteroatoms. The number of aryl methyl sites for hydroxylation is 2. The van der Waals surface area contributed by atoms with Crippen molar-refractivity contribution in [3.05, 3.63) is 21.4 Å². The molecule has 0 aliphatic heterocycles. The lowest BCUT2D eigenvalue weighted by Gasteiger charge is -2.00. The van der Waals surface area contributed by atoms with E-state index in [2.05, 4.69) is 35.4 Å². The van der Waals surface area contributed by atoms with Crippen LogP contribution in [0.2, 0.25) is 0 Å². The van der Waals surface area contributed by atoms with Gasteiger partial charge in [0.1, 0.15) is 0 Å². The third kappa shape index (κ3) is 3.08. The molecule has 0 unspecified atom stereocenters. The van der Waals surface area contributed by atoms with Crippen molar-refractivity contribution in [2.45, 2.75) is 25.5 Å². The van der Waals surface area contributed by atoms with Crippen LogP contribution in [0, 0.1) is 13.8 Å². The Bertz CT molecular complexity index is 544. The molecule has 18 heavy (non-hydrogen) atoms. The Morgan fingerprint density at radius 2 is 2.33 bits per heavy atom. The molecule has 0 fully saturated rings. The fourth-order valence-corrected chi connectivity index (χ4v) is 3.03. The average molecular weight is 284 g/mol. The number of carboxylic acid groups (broad SMARTS) is 1. The predicted molar refractivity (Wildman–Crippen MR) is 69.1 cm³/mol. The Hall–Kier alpha value is -1.41. The molecule has 2 aromatic rings. The molecule has 0 aliphatic rings. The van der Waals surface area contributed by atoms with E-state index in [0.29, 0.717) is 11.7 Å². The maximum Gasteiger partial charge on any atom is 0.313 e. The minimum Gasteiger partial charge on any atom is -0.481 e. The lowest BCUT2D eigenvalue weighted by molar-refractivity contribution is -0.133. The second kappa shape index (κ2) is 5.49. The molecule has 0 saturated carbocycles. The van der Waals surface area contributed by atoms with Crippen LogP contribution in [0.25, 0.3) is 0 Å². The van der Waals surface area contributed by atoms with Gasteiger partial charge in [-0.3, -0.25) is 4.79 Å². The molecule has 0 amide bonds. The molecule has 0 spiro atoms. The molecule has 2 rings (SSSR count). The predicted octanol–water partition coefficient (Wildman–Crippen LogP) is 1.58. The van der Waals surface area contributed by atoms with Crippen molar-refractivity contribution in [2.75, 3.05) is 5.75 Å². The van der Waals surface area contributed by atoms with Crippen LogP contribution in [0.15, 0.2) is 11.2 Å².